The quantitative estimate of drug-likeness (QED) is 0.564. The van der Waals surface area contributed by atoms with Gasteiger partial charge >= 0.3 is 0 Å². The predicted octanol–water partition coefficient (Wildman–Crippen LogP) is 2.53. The molecule has 0 radical (unpaired) electrons. The van der Waals surface area contributed by atoms with Crippen LogP contribution in [0.2, 0.25) is 0 Å². The number of phenolic OH excluding ortho intramolecular Hbond substituents is 3. The fourth-order valence-corrected chi connectivity index (χ4v) is 2.81. The third-order valence-electron chi connectivity index (χ3n) is 4.33. The van der Waals surface area contributed by atoms with Gasteiger partial charge in [-0.05, 0) is 35.9 Å². The van der Waals surface area contributed by atoms with Crippen LogP contribution in [-0.2, 0) is 11.3 Å². The Morgan fingerprint density at radius 3 is 2.42 bits per heavy atom. The average molecular weight is 355 g/mol. The normalized spacial score (nSPS) is 15.4. The van der Waals surface area contributed by atoms with Crippen LogP contribution in [0.25, 0.3) is 6.08 Å². The van der Waals surface area contributed by atoms with Crippen LogP contribution >= 0.6 is 0 Å². The summed E-state index contributed by atoms with van der Waals surface area (Å²) >= 11 is 0. The zero-order valence-electron chi connectivity index (χ0n) is 14.3. The number of hydrogen-bond acceptors (Lipinski definition) is 6. The molecular weight excluding hydrogens is 334 g/mol. The van der Waals surface area contributed by atoms with E-state index < -0.39 is 0 Å². The molecule has 136 valence electrons. The minimum Gasteiger partial charge on any atom is -0.508 e. The second-order valence-electron chi connectivity index (χ2n) is 6.14. The highest BCUT2D eigenvalue weighted by Crippen LogP contribution is 2.32. The van der Waals surface area contributed by atoms with Gasteiger partial charge in [0, 0.05) is 19.6 Å². The summed E-state index contributed by atoms with van der Waals surface area (Å²) < 4.78 is 5.30. The second kappa shape index (κ2) is 8.03. The molecule has 1 saturated heterocycles. The van der Waals surface area contributed by atoms with Crippen molar-refractivity contribution in [2.75, 3.05) is 26.3 Å². The Kier molecular flexibility index (Phi) is 5.55. The molecular formula is C20H21NO5. The number of allylic oxidation sites excluding steroid dienone is 1. The van der Waals surface area contributed by atoms with E-state index in [2.05, 4.69) is 4.90 Å². The van der Waals surface area contributed by atoms with Crippen molar-refractivity contribution in [2.45, 2.75) is 6.54 Å². The molecule has 1 aliphatic heterocycles. The molecule has 0 spiro atoms. The largest absolute Gasteiger partial charge is 0.508 e. The number of ketones is 1. The number of nitrogens with zero attached hydrogens (tertiary/aromatic N) is 1. The predicted molar refractivity (Wildman–Crippen MR) is 97.3 cm³/mol. The smallest absolute Gasteiger partial charge is 0.189 e. The maximum absolute atomic E-state index is 12.5. The lowest BCUT2D eigenvalue weighted by Gasteiger charge is -2.27. The second-order valence-corrected chi connectivity index (χ2v) is 6.14. The fraction of sp³-hybridized carbons (Fsp3) is 0.250. The van der Waals surface area contributed by atoms with E-state index in [0.29, 0.717) is 38.4 Å². The van der Waals surface area contributed by atoms with Gasteiger partial charge in [0.2, 0.25) is 0 Å². The highest BCUT2D eigenvalue weighted by molar-refractivity contribution is 6.09. The van der Waals surface area contributed by atoms with E-state index in [9.17, 15) is 20.1 Å². The Morgan fingerprint density at radius 1 is 1.04 bits per heavy atom. The number of hydrogen-bond donors (Lipinski definition) is 3. The Hall–Kier alpha value is -2.83. The van der Waals surface area contributed by atoms with Crippen LogP contribution in [0.4, 0.5) is 0 Å². The number of morpholine rings is 1. The zero-order valence-corrected chi connectivity index (χ0v) is 14.3. The third kappa shape index (κ3) is 4.22. The number of rotatable bonds is 5. The van der Waals surface area contributed by atoms with Crippen molar-refractivity contribution in [3.8, 4) is 17.2 Å². The summed E-state index contributed by atoms with van der Waals surface area (Å²) in [5.41, 5.74) is 1.24. The topological polar surface area (TPSA) is 90.2 Å². The number of ether oxygens (including phenoxy) is 1. The summed E-state index contributed by atoms with van der Waals surface area (Å²) in [5, 5.41) is 29.9. The summed E-state index contributed by atoms with van der Waals surface area (Å²) in [7, 11) is 0. The molecule has 6 nitrogen and oxygen atoms in total. The number of carbonyl (C=O) groups excluding carboxylic acids is 1. The summed E-state index contributed by atoms with van der Waals surface area (Å²) in [6.07, 6.45) is 2.96. The standard InChI is InChI=1S/C20H21NO5/c22-15-4-1-14(2-5-15)3-7-18(23)16-6-8-19(24)17(20(16)25)13-21-9-11-26-12-10-21/h1-8,22,24-25H,9-13H2/b7-3+. The molecule has 0 atom stereocenters. The van der Waals surface area contributed by atoms with Gasteiger partial charge < -0.3 is 20.1 Å². The lowest BCUT2D eigenvalue weighted by atomic mass is 10.0. The molecule has 3 N–H and O–H groups in total. The molecule has 0 bridgehead atoms. The molecule has 3 rings (SSSR count). The number of benzene rings is 2. The van der Waals surface area contributed by atoms with Crippen molar-refractivity contribution in [1.82, 2.24) is 4.90 Å². The van der Waals surface area contributed by atoms with E-state index in [0.717, 1.165) is 5.56 Å². The van der Waals surface area contributed by atoms with Gasteiger partial charge in [-0.1, -0.05) is 18.2 Å². The fourth-order valence-electron chi connectivity index (χ4n) is 2.81. The van der Waals surface area contributed by atoms with Gasteiger partial charge in [-0.2, -0.15) is 0 Å². The maximum atomic E-state index is 12.5. The minimum atomic E-state index is -0.362. The highest BCUT2D eigenvalue weighted by atomic mass is 16.5. The number of aromatic hydroxyl groups is 3. The molecule has 1 aliphatic rings. The Bertz CT molecular complexity index is 808. The molecule has 1 fully saturated rings. The summed E-state index contributed by atoms with van der Waals surface area (Å²) in [4.78, 5) is 14.5. The summed E-state index contributed by atoms with van der Waals surface area (Å²) in [6, 6.07) is 9.26. The first-order valence-electron chi connectivity index (χ1n) is 8.40. The van der Waals surface area contributed by atoms with Crippen LogP contribution in [0, 0.1) is 0 Å². The van der Waals surface area contributed by atoms with Crippen LogP contribution in [0.5, 0.6) is 17.2 Å². The van der Waals surface area contributed by atoms with Gasteiger partial charge in [0.25, 0.3) is 0 Å². The molecule has 0 aliphatic carbocycles. The minimum absolute atomic E-state index is 0.0342. The Labute approximate surface area is 151 Å². The first-order chi connectivity index (χ1) is 12.5. The highest BCUT2D eigenvalue weighted by Gasteiger charge is 2.19. The molecule has 26 heavy (non-hydrogen) atoms. The van der Waals surface area contributed by atoms with Crippen LogP contribution < -0.4 is 0 Å². The molecule has 6 heteroatoms. The van der Waals surface area contributed by atoms with Crippen molar-refractivity contribution in [3.63, 3.8) is 0 Å². The van der Waals surface area contributed by atoms with Gasteiger partial charge in [0.1, 0.15) is 17.2 Å². The Balaban J connectivity index is 1.79. The first kappa shape index (κ1) is 18.0. The van der Waals surface area contributed by atoms with Crippen LogP contribution in [0.3, 0.4) is 0 Å². The van der Waals surface area contributed by atoms with E-state index in [1.165, 1.54) is 30.3 Å². The lowest BCUT2D eigenvalue weighted by molar-refractivity contribution is 0.0335. The van der Waals surface area contributed by atoms with E-state index in [4.69, 9.17) is 4.74 Å². The van der Waals surface area contributed by atoms with Gasteiger partial charge in [0.05, 0.1) is 24.3 Å². The number of carbonyl (C=O) groups is 1. The summed E-state index contributed by atoms with van der Waals surface area (Å²) in [6.45, 7) is 2.98. The molecule has 0 aromatic heterocycles. The number of phenols is 3. The molecule has 2 aromatic carbocycles. The van der Waals surface area contributed by atoms with Crippen molar-refractivity contribution < 1.29 is 24.9 Å². The molecule has 0 amide bonds. The molecule has 0 unspecified atom stereocenters. The lowest BCUT2D eigenvalue weighted by Crippen LogP contribution is -2.35. The maximum Gasteiger partial charge on any atom is 0.189 e. The van der Waals surface area contributed by atoms with Crippen molar-refractivity contribution in [1.29, 1.82) is 0 Å². The summed E-state index contributed by atoms with van der Waals surface area (Å²) in [5.74, 6) is -0.443. The van der Waals surface area contributed by atoms with Gasteiger partial charge in [0.15, 0.2) is 5.78 Å². The third-order valence-corrected chi connectivity index (χ3v) is 4.33. The van der Waals surface area contributed by atoms with E-state index in [1.54, 1.807) is 18.2 Å². The van der Waals surface area contributed by atoms with E-state index in [-0.39, 0.29) is 28.6 Å². The van der Waals surface area contributed by atoms with Crippen LogP contribution in [0.1, 0.15) is 21.5 Å². The van der Waals surface area contributed by atoms with E-state index in [1.807, 2.05) is 0 Å². The van der Waals surface area contributed by atoms with Crippen LogP contribution in [-0.4, -0.2) is 52.3 Å². The molecule has 0 saturated carbocycles. The van der Waals surface area contributed by atoms with Crippen molar-refractivity contribution in [2.24, 2.45) is 0 Å². The Morgan fingerprint density at radius 2 is 1.73 bits per heavy atom. The van der Waals surface area contributed by atoms with Gasteiger partial charge in [-0.25, -0.2) is 0 Å². The zero-order chi connectivity index (χ0) is 18.5. The van der Waals surface area contributed by atoms with Crippen molar-refractivity contribution in [3.05, 3.63) is 59.2 Å². The molecule has 1 heterocycles. The first-order valence-corrected chi connectivity index (χ1v) is 8.40. The van der Waals surface area contributed by atoms with Gasteiger partial charge in [-0.3, -0.25) is 9.69 Å². The van der Waals surface area contributed by atoms with Crippen LogP contribution in [0.15, 0.2) is 42.5 Å². The van der Waals surface area contributed by atoms with Crippen molar-refractivity contribution >= 4 is 11.9 Å². The monoisotopic (exact) mass is 355 g/mol. The van der Waals surface area contributed by atoms with Gasteiger partial charge in [-0.15, -0.1) is 0 Å². The average Bonchev–Trinajstić information content (AvgIpc) is 2.65. The SMILES string of the molecule is O=C(/C=C/c1ccc(O)cc1)c1ccc(O)c(CN2CCOCC2)c1O. The van der Waals surface area contributed by atoms with E-state index >= 15 is 0 Å². The molecule has 2 aromatic rings.